The van der Waals surface area contributed by atoms with Gasteiger partial charge < -0.3 is 24.4 Å². The second kappa shape index (κ2) is 15.4. The van der Waals surface area contributed by atoms with Crippen LogP contribution in [0.4, 0.5) is 23.7 Å². The normalized spacial score (nSPS) is 19.3. The summed E-state index contributed by atoms with van der Waals surface area (Å²) in [6.45, 7) is 4.51. The number of hydrogen-bond acceptors (Lipinski definition) is 6. The molecule has 1 saturated carbocycles. The van der Waals surface area contributed by atoms with Gasteiger partial charge in [0.25, 0.3) is 0 Å². The lowest BCUT2D eigenvalue weighted by Crippen LogP contribution is -2.49. The van der Waals surface area contributed by atoms with Crippen LogP contribution < -0.4 is 10.2 Å². The number of carbonyl (C=O) groups excluding carboxylic acids is 3. The number of carbonyl (C=O) groups is 3. The summed E-state index contributed by atoms with van der Waals surface area (Å²) in [5.41, 5.74) is 2.23. The van der Waals surface area contributed by atoms with Crippen molar-refractivity contribution in [2.45, 2.75) is 83.7 Å². The Balaban J connectivity index is 1.73. The molecule has 1 N–H and O–H groups in total. The van der Waals surface area contributed by atoms with Crippen molar-refractivity contribution >= 4 is 23.6 Å². The predicted octanol–water partition coefficient (Wildman–Crippen LogP) is 4.60. The molecule has 0 saturated heterocycles. The van der Waals surface area contributed by atoms with Crippen molar-refractivity contribution < 1.29 is 41.8 Å². The molecule has 230 valence electrons. The first-order valence-electron chi connectivity index (χ1n) is 14.4. The van der Waals surface area contributed by atoms with Crippen LogP contribution in [0.3, 0.4) is 0 Å². The molecule has 3 rings (SSSR count). The van der Waals surface area contributed by atoms with Crippen molar-refractivity contribution in [1.82, 2.24) is 10.2 Å². The van der Waals surface area contributed by atoms with Gasteiger partial charge in [-0.15, -0.1) is 0 Å². The van der Waals surface area contributed by atoms with Gasteiger partial charge in [0, 0.05) is 44.5 Å². The molecule has 2 aliphatic rings. The van der Waals surface area contributed by atoms with Crippen LogP contribution in [0, 0.1) is 5.92 Å². The molecule has 1 fully saturated rings. The fraction of sp³-hybridized carbons (Fsp3) is 0.690. The van der Waals surface area contributed by atoms with Crippen molar-refractivity contribution in [3.8, 4) is 0 Å². The quantitative estimate of drug-likeness (QED) is 0.301. The van der Waals surface area contributed by atoms with Gasteiger partial charge in [0.15, 0.2) is 6.29 Å². The number of alkyl halides is 3. The summed E-state index contributed by atoms with van der Waals surface area (Å²) >= 11 is 0. The number of amides is 3. The summed E-state index contributed by atoms with van der Waals surface area (Å²) in [7, 11) is 1.38. The molecule has 0 bridgehead atoms. The lowest BCUT2D eigenvalue weighted by atomic mass is 9.83. The highest BCUT2D eigenvalue weighted by atomic mass is 19.4. The summed E-state index contributed by atoms with van der Waals surface area (Å²) in [6, 6.07) is 5.07. The van der Waals surface area contributed by atoms with Crippen molar-refractivity contribution in [1.29, 1.82) is 0 Å². The Hall–Kier alpha value is -2.86. The highest BCUT2D eigenvalue weighted by molar-refractivity contribution is 5.92. The van der Waals surface area contributed by atoms with Crippen LogP contribution in [0.25, 0.3) is 0 Å². The molecular formula is C29H42F3N3O6. The van der Waals surface area contributed by atoms with Gasteiger partial charge >= 0.3 is 24.1 Å². The zero-order chi connectivity index (χ0) is 30.0. The first-order valence-corrected chi connectivity index (χ1v) is 14.4. The zero-order valence-corrected chi connectivity index (χ0v) is 24.1. The number of nitrogens with zero attached hydrogens (tertiary/aromatic N) is 2. The second-order valence-corrected chi connectivity index (χ2v) is 10.5. The van der Waals surface area contributed by atoms with Crippen LogP contribution in [0.15, 0.2) is 18.2 Å². The molecule has 1 aromatic carbocycles. The standard InChI is InChI=1S/C29H42F3N3O6/c1-4-40-26(41-5-2)19-35(28(38)33-23-10-6-20(7-11-23)8-13-25(36)39-3)24-12-9-21-14-16-34(17-15-22(21)18-24)27(37)29(30,31)32/h9,12,18,20,23,26H,4-8,10-11,13-17,19H2,1-3H3,(H,33,38). The number of esters is 1. The largest absolute Gasteiger partial charge is 0.471 e. The molecule has 0 unspecified atom stereocenters. The van der Waals surface area contributed by atoms with Gasteiger partial charge in [0.1, 0.15) is 0 Å². The van der Waals surface area contributed by atoms with Crippen LogP contribution in [-0.4, -0.2) is 81.3 Å². The summed E-state index contributed by atoms with van der Waals surface area (Å²) in [5, 5.41) is 3.14. The molecule has 0 spiro atoms. The van der Waals surface area contributed by atoms with Crippen LogP contribution >= 0.6 is 0 Å². The third-order valence-corrected chi connectivity index (χ3v) is 7.77. The number of ether oxygens (including phenoxy) is 3. The number of nitrogens with one attached hydrogen (secondary N) is 1. The van der Waals surface area contributed by atoms with Crippen LogP contribution in [0.5, 0.6) is 0 Å². The minimum Gasteiger partial charge on any atom is -0.469 e. The highest BCUT2D eigenvalue weighted by Crippen LogP contribution is 2.29. The summed E-state index contributed by atoms with van der Waals surface area (Å²) in [6.07, 6.45) is -0.498. The molecule has 3 amide bonds. The number of hydrogen-bond donors (Lipinski definition) is 1. The number of anilines is 1. The van der Waals surface area contributed by atoms with E-state index < -0.39 is 18.4 Å². The number of fused-ring (bicyclic) bond motifs is 1. The first kappa shape index (κ1) is 32.7. The maximum Gasteiger partial charge on any atom is 0.471 e. The number of urea groups is 1. The molecular weight excluding hydrogens is 543 g/mol. The average molecular weight is 586 g/mol. The van der Waals surface area contributed by atoms with Gasteiger partial charge in [-0.05, 0) is 88.0 Å². The van der Waals surface area contributed by atoms with Crippen molar-refractivity contribution in [2.24, 2.45) is 5.92 Å². The molecule has 9 nitrogen and oxygen atoms in total. The van der Waals surface area contributed by atoms with Crippen molar-refractivity contribution in [3.63, 3.8) is 0 Å². The smallest absolute Gasteiger partial charge is 0.469 e. The number of halogens is 3. The Morgan fingerprint density at radius 3 is 2.24 bits per heavy atom. The molecule has 41 heavy (non-hydrogen) atoms. The summed E-state index contributed by atoms with van der Waals surface area (Å²) < 4.78 is 55.2. The van der Waals surface area contributed by atoms with E-state index in [1.54, 1.807) is 11.0 Å². The Bertz CT molecular complexity index is 1020. The third-order valence-electron chi connectivity index (χ3n) is 7.77. The van der Waals surface area contributed by atoms with Gasteiger partial charge in [0.05, 0.1) is 13.7 Å². The van der Waals surface area contributed by atoms with Crippen LogP contribution in [0.1, 0.15) is 63.5 Å². The average Bonchev–Trinajstić information content (AvgIpc) is 3.16. The highest BCUT2D eigenvalue weighted by Gasteiger charge is 2.42. The van der Waals surface area contributed by atoms with Crippen LogP contribution in [-0.2, 0) is 36.6 Å². The molecule has 0 aromatic heterocycles. The number of methoxy groups -OCH3 is 1. The van der Waals surface area contributed by atoms with E-state index in [2.05, 4.69) is 5.32 Å². The second-order valence-electron chi connectivity index (χ2n) is 10.5. The molecule has 1 aliphatic heterocycles. The minimum absolute atomic E-state index is 0.0199. The van der Waals surface area contributed by atoms with E-state index >= 15 is 0 Å². The Labute approximate surface area is 239 Å². The summed E-state index contributed by atoms with van der Waals surface area (Å²) in [5.74, 6) is -1.63. The maximum atomic E-state index is 13.6. The van der Waals surface area contributed by atoms with Crippen molar-refractivity contribution in [3.05, 3.63) is 29.3 Å². The van der Waals surface area contributed by atoms with Gasteiger partial charge in [-0.3, -0.25) is 14.5 Å². The molecule has 0 radical (unpaired) electrons. The van der Waals surface area contributed by atoms with E-state index in [0.717, 1.165) is 48.1 Å². The lowest BCUT2D eigenvalue weighted by Gasteiger charge is -2.33. The van der Waals surface area contributed by atoms with E-state index in [0.29, 0.717) is 37.7 Å². The maximum absolute atomic E-state index is 13.6. The Morgan fingerprint density at radius 2 is 1.66 bits per heavy atom. The summed E-state index contributed by atoms with van der Waals surface area (Å²) in [4.78, 5) is 39.3. The van der Waals surface area contributed by atoms with E-state index in [1.807, 2.05) is 26.0 Å². The fourth-order valence-electron chi connectivity index (χ4n) is 5.51. The van der Waals surface area contributed by atoms with E-state index in [1.165, 1.54) is 7.11 Å². The van der Waals surface area contributed by atoms with Crippen LogP contribution in [0.2, 0.25) is 0 Å². The Kier molecular flexibility index (Phi) is 12.3. The van der Waals surface area contributed by atoms with Gasteiger partial charge in [-0.2, -0.15) is 13.2 Å². The third kappa shape index (κ3) is 9.59. The van der Waals surface area contributed by atoms with Crippen molar-refractivity contribution in [2.75, 3.05) is 44.9 Å². The predicted molar refractivity (Wildman–Crippen MR) is 146 cm³/mol. The number of rotatable bonds is 11. The fourth-order valence-corrected chi connectivity index (χ4v) is 5.51. The monoisotopic (exact) mass is 585 g/mol. The van der Waals surface area contributed by atoms with E-state index in [4.69, 9.17) is 14.2 Å². The van der Waals surface area contributed by atoms with Gasteiger partial charge in [-0.25, -0.2) is 4.79 Å². The molecule has 1 aliphatic carbocycles. The lowest BCUT2D eigenvalue weighted by molar-refractivity contribution is -0.185. The molecule has 0 atom stereocenters. The first-order chi connectivity index (χ1) is 19.5. The topological polar surface area (TPSA) is 97.4 Å². The number of benzene rings is 1. The van der Waals surface area contributed by atoms with E-state index in [-0.39, 0.29) is 44.1 Å². The minimum atomic E-state index is -4.91. The molecule has 12 heteroatoms. The van der Waals surface area contributed by atoms with Gasteiger partial charge in [0.2, 0.25) is 0 Å². The molecule has 1 aromatic rings. The SMILES string of the molecule is CCOC(CN(C(=O)NC1CCC(CCC(=O)OC)CC1)c1ccc2c(c1)CCN(C(=O)C(F)(F)F)CC2)OCC. The molecule has 1 heterocycles. The Morgan fingerprint density at radius 1 is 1.02 bits per heavy atom. The van der Waals surface area contributed by atoms with Gasteiger partial charge in [-0.1, -0.05) is 6.07 Å². The zero-order valence-electron chi connectivity index (χ0n) is 24.1. The van der Waals surface area contributed by atoms with E-state index in [9.17, 15) is 27.6 Å².